The minimum absolute atomic E-state index is 0.102. The van der Waals surface area contributed by atoms with Crippen LogP contribution in [0.1, 0.15) is 25.3 Å². The summed E-state index contributed by atoms with van der Waals surface area (Å²) in [6.45, 7) is 6.95. The fraction of sp³-hybridized carbons (Fsp3) is 0.417. The number of hydrogen-bond donors (Lipinski definition) is 3. The van der Waals surface area contributed by atoms with Gasteiger partial charge in [0.05, 0.1) is 7.05 Å². The molecule has 6 heteroatoms. The number of amides is 2. The molecule has 1 atom stereocenters. The summed E-state index contributed by atoms with van der Waals surface area (Å²) in [6, 6.07) is 15.7. The maximum absolute atomic E-state index is 12.3. The van der Waals surface area contributed by atoms with Gasteiger partial charge in [0.25, 0.3) is 11.8 Å². The van der Waals surface area contributed by atoms with Crippen LogP contribution in [0.3, 0.4) is 0 Å². The first-order valence-corrected chi connectivity index (χ1v) is 10.7. The number of anilines is 3. The van der Waals surface area contributed by atoms with E-state index in [-0.39, 0.29) is 24.9 Å². The average molecular weight is 410 g/mol. The molecule has 1 aliphatic heterocycles. The molecule has 160 valence electrons. The van der Waals surface area contributed by atoms with E-state index in [4.69, 9.17) is 0 Å². The Hall–Kier alpha value is -2.86. The van der Waals surface area contributed by atoms with Crippen molar-refractivity contribution >= 4 is 28.9 Å². The standard InChI is InChI=1S/C24H32N4O2/c1-18-4-6-20(7-5-18)25-23(29)16-27(3)17-24(30)26-21-8-10-22(11-9-21)28-14-12-19(2)13-15-28/h4-11,19H,12-17H2,1-3H3,(H,25,29)(H,26,30)/p+1. The second kappa shape index (κ2) is 10.3. The van der Waals surface area contributed by atoms with Crippen LogP contribution in [0.15, 0.2) is 48.5 Å². The maximum Gasteiger partial charge on any atom is 0.279 e. The highest BCUT2D eigenvalue weighted by atomic mass is 16.2. The van der Waals surface area contributed by atoms with Crippen molar-refractivity contribution < 1.29 is 14.5 Å². The van der Waals surface area contributed by atoms with E-state index in [2.05, 4.69) is 34.6 Å². The molecule has 6 nitrogen and oxygen atoms in total. The molecule has 2 aromatic rings. The van der Waals surface area contributed by atoms with Crippen molar-refractivity contribution in [2.24, 2.45) is 5.92 Å². The third-order valence-electron chi connectivity index (χ3n) is 5.56. The molecule has 1 fully saturated rings. The molecule has 0 saturated carbocycles. The van der Waals surface area contributed by atoms with Crippen molar-refractivity contribution in [1.29, 1.82) is 0 Å². The van der Waals surface area contributed by atoms with Gasteiger partial charge in [0.2, 0.25) is 0 Å². The summed E-state index contributed by atoms with van der Waals surface area (Å²) in [7, 11) is 1.84. The van der Waals surface area contributed by atoms with E-state index >= 15 is 0 Å². The van der Waals surface area contributed by atoms with E-state index in [1.807, 2.05) is 50.4 Å². The van der Waals surface area contributed by atoms with Crippen molar-refractivity contribution in [3.05, 3.63) is 54.1 Å². The Morgan fingerprint density at radius 3 is 1.87 bits per heavy atom. The number of nitrogens with zero attached hydrogens (tertiary/aromatic N) is 1. The van der Waals surface area contributed by atoms with Crippen LogP contribution in [-0.4, -0.2) is 45.0 Å². The van der Waals surface area contributed by atoms with Crippen molar-refractivity contribution in [2.75, 3.05) is 48.8 Å². The molecule has 0 spiro atoms. The lowest BCUT2D eigenvalue weighted by Gasteiger charge is -2.32. The minimum Gasteiger partial charge on any atom is -0.372 e. The Labute approximate surface area is 179 Å². The summed E-state index contributed by atoms with van der Waals surface area (Å²) in [5.74, 6) is 0.595. The van der Waals surface area contributed by atoms with Gasteiger partial charge in [-0.1, -0.05) is 24.6 Å². The first-order chi connectivity index (χ1) is 14.4. The molecule has 1 unspecified atom stereocenters. The van der Waals surface area contributed by atoms with E-state index in [0.717, 1.165) is 40.8 Å². The van der Waals surface area contributed by atoms with E-state index in [9.17, 15) is 9.59 Å². The van der Waals surface area contributed by atoms with E-state index < -0.39 is 0 Å². The molecular weight excluding hydrogens is 376 g/mol. The molecule has 30 heavy (non-hydrogen) atoms. The number of piperidine rings is 1. The van der Waals surface area contributed by atoms with E-state index in [1.54, 1.807) is 0 Å². The summed E-state index contributed by atoms with van der Waals surface area (Å²) in [5.41, 5.74) is 3.90. The SMILES string of the molecule is Cc1ccc(NC(=O)C[NH+](C)CC(=O)Nc2ccc(N3CCC(C)CC3)cc2)cc1. The number of benzene rings is 2. The van der Waals surface area contributed by atoms with Crippen molar-refractivity contribution in [1.82, 2.24) is 0 Å². The summed E-state index contributed by atoms with van der Waals surface area (Å²) < 4.78 is 0. The lowest BCUT2D eigenvalue weighted by molar-refractivity contribution is -0.862. The zero-order valence-corrected chi connectivity index (χ0v) is 18.2. The third-order valence-corrected chi connectivity index (χ3v) is 5.56. The van der Waals surface area contributed by atoms with Crippen molar-refractivity contribution in [2.45, 2.75) is 26.7 Å². The Morgan fingerprint density at radius 1 is 0.900 bits per heavy atom. The number of quaternary nitrogens is 1. The van der Waals surface area contributed by atoms with E-state index in [1.165, 1.54) is 18.5 Å². The third kappa shape index (κ3) is 6.59. The Morgan fingerprint density at radius 2 is 1.37 bits per heavy atom. The lowest BCUT2D eigenvalue weighted by Crippen LogP contribution is -3.11. The Kier molecular flexibility index (Phi) is 7.46. The summed E-state index contributed by atoms with van der Waals surface area (Å²) in [5, 5.41) is 5.80. The summed E-state index contributed by atoms with van der Waals surface area (Å²) in [6.07, 6.45) is 2.45. The molecule has 0 radical (unpaired) electrons. The second-order valence-corrected chi connectivity index (χ2v) is 8.49. The molecule has 1 heterocycles. The van der Waals surface area contributed by atoms with Gasteiger partial charge in [-0.05, 0) is 62.1 Å². The van der Waals surface area contributed by atoms with Crippen LogP contribution in [0.5, 0.6) is 0 Å². The number of likely N-dealkylation sites (N-methyl/N-ethyl adjacent to an activating group) is 1. The lowest BCUT2D eigenvalue weighted by atomic mass is 9.99. The van der Waals surface area contributed by atoms with Crippen molar-refractivity contribution in [3.8, 4) is 0 Å². The van der Waals surface area contributed by atoms with Gasteiger partial charge in [-0.25, -0.2) is 0 Å². The number of carbonyl (C=O) groups excluding carboxylic acids is 2. The smallest absolute Gasteiger partial charge is 0.279 e. The summed E-state index contributed by atoms with van der Waals surface area (Å²) in [4.78, 5) is 27.8. The molecule has 1 aliphatic rings. The highest BCUT2D eigenvalue weighted by molar-refractivity contribution is 5.93. The largest absolute Gasteiger partial charge is 0.372 e. The number of nitrogens with one attached hydrogen (secondary N) is 3. The molecule has 2 aromatic carbocycles. The zero-order chi connectivity index (χ0) is 21.5. The van der Waals surface area contributed by atoms with Gasteiger partial charge in [0.1, 0.15) is 0 Å². The monoisotopic (exact) mass is 409 g/mol. The molecule has 3 rings (SSSR count). The maximum atomic E-state index is 12.3. The van der Waals surface area contributed by atoms with Gasteiger partial charge in [0, 0.05) is 30.2 Å². The number of rotatable bonds is 7. The van der Waals surface area contributed by atoms with Gasteiger partial charge >= 0.3 is 0 Å². The fourth-order valence-electron chi connectivity index (χ4n) is 3.68. The van der Waals surface area contributed by atoms with Gasteiger partial charge < -0.3 is 20.4 Å². The number of aryl methyl sites for hydroxylation is 1. The van der Waals surface area contributed by atoms with Gasteiger partial charge in [-0.3, -0.25) is 9.59 Å². The van der Waals surface area contributed by atoms with Crippen LogP contribution in [0.25, 0.3) is 0 Å². The second-order valence-electron chi connectivity index (χ2n) is 8.49. The highest BCUT2D eigenvalue weighted by Crippen LogP contribution is 2.24. The predicted molar refractivity (Wildman–Crippen MR) is 122 cm³/mol. The Bertz CT molecular complexity index is 841. The number of hydrogen-bond acceptors (Lipinski definition) is 3. The van der Waals surface area contributed by atoms with Gasteiger partial charge in [-0.15, -0.1) is 0 Å². The topological polar surface area (TPSA) is 65.9 Å². The first-order valence-electron chi connectivity index (χ1n) is 10.7. The molecule has 0 aliphatic carbocycles. The zero-order valence-electron chi connectivity index (χ0n) is 18.2. The van der Waals surface area contributed by atoms with Crippen molar-refractivity contribution in [3.63, 3.8) is 0 Å². The average Bonchev–Trinajstić information content (AvgIpc) is 2.70. The minimum atomic E-state index is -0.107. The fourth-order valence-corrected chi connectivity index (χ4v) is 3.68. The van der Waals surface area contributed by atoms with E-state index in [0.29, 0.717) is 0 Å². The van der Waals surface area contributed by atoms with Gasteiger partial charge in [-0.2, -0.15) is 0 Å². The van der Waals surface area contributed by atoms with Crippen LogP contribution in [0.4, 0.5) is 17.1 Å². The van der Waals surface area contributed by atoms with Crippen LogP contribution < -0.4 is 20.4 Å². The van der Waals surface area contributed by atoms with Crippen LogP contribution in [0.2, 0.25) is 0 Å². The first kappa shape index (κ1) is 21.8. The Balaban J connectivity index is 1.43. The molecular formula is C24H33N4O2+. The quantitative estimate of drug-likeness (QED) is 0.658. The highest BCUT2D eigenvalue weighted by Gasteiger charge is 2.17. The predicted octanol–water partition coefficient (Wildman–Crippen LogP) is 2.32. The molecule has 2 amide bonds. The normalized spacial score (nSPS) is 15.5. The van der Waals surface area contributed by atoms with Crippen LogP contribution in [-0.2, 0) is 9.59 Å². The molecule has 0 aromatic heterocycles. The number of carbonyl (C=O) groups is 2. The van der Waals surface area contributed by atoms with Gasteiger partial charge in [0.15, 0.2) is 13.1 Å². The van der Waals surface area contributed by atoms with Crippen LogP contribution >= 0.6 is 0 Å². The van der Waals surface area contributed by atoms with Crippen LogP contribution in [0, 0.1) is 12.8 Å². The summed E-state index contributed by atoms with van der Waals surface area (Å²) >= 11 is 0. The molecule has 3 N–H and O–H groups in total. The molecule has 1 saturated heterocycles. The molecule has 0 bridgehead atoms.